The smallest absolute Gasteiger partial charge is 0.344 e. The maximum atomic E-state index is 12.6. The summed E-state index contributed by atoms with van der Waals surface area (Å²) >= 11 is 5.96. The molecule has 1 atom stereocenters. The first-order valence-electron chi connectivity index (χ1n) is 8.88. The number of fused-ring (bicyclic) bond motifs is 1. The normalized spacial score (nSPS) is 14.3. The van der Waals surface area contributed by atoms with Crippen LogP contribution in [0.15, 0.2) is 42.5 Å². The fourth-order valence-electron chi connectivity index (χ4n) is 3.07. The molecule has 0 aliphatic carbocycles. The second kappa shape index (κ2) is 8.44. The highest BCUT2D eigenvalue weighted by Gasteiger charge is 2.27. The quantitative estimate of drug-likeness (QED) is 0.736. The van der Waals surface area contributed by atoms with E-state index in [9.17, 15) is 9.59 Å². The van der Waals surface area contributed by atoms with Gasteiger partial charge in [0.05, 0.1) is 0 Å². The van der Waals surface area contributed by atoms with Crippen LogP contribution in [0.4, 0.5) is 0 Å². The molecule has 2 aromatic carbocycles. The van der Waals surface area contributed by atoms with Gasteiger partial charge in [-0.2, -0.15) is 0 Å². The molecule has 0 bridgehead atoms. The molecule has 0 radical (unpaired) electrons. The molecule has 0 N–H and O–H groups in total. The van der Waals surface area contributed by atoms with Gasteiger partial charge in [-0.25, -0.2) is 4.79 Å². The van der Waals surface area contributed by atoms with Gasteiger partial charge in [-0.3, -0.25) is 4.79 Å². The Morgan fingerprint density at radius 1 is 1.19 bits per heavy atom. The van der Waals surface area contributed by atoms with Crippen LogP contribution in [0.25, 0.3) is 0 Å². The molecule has 0 fully saturated rings. The zero-order valence-corrected chi connectivity index (χ0v) is 16.2. The lowest BCUT2D eigenvalue weighted by atomic mass is 9.99. The number of hydrogen-bond donors (Lipinski definition) is 0. The third kappa shape index (κ3) is 4.80. The number of hydrogen-bond acceptors (Lipinski definition) is 4. The van der Waals surface area contributed by atoms with Crippen molar-refractivity contribution in [2.24, 2.45) is 0 Å². The number of esters is 1. The second-order valence-corrected chi connectivity index (χ2v) is 7.02. The summed E-state index contributed by atoms with van der Waals surface area (Å²) in [6.07, 6.45) is -0.0416. The zero-order chi connectivity index (χ0) is 19.4. The van der Waals surface area contributed by atoms with Crippen molar-refractivity contribution in [2.45, 2.75) is 32.9 Å². The number of carbonyl (C=O) groups excluding carboxylic acids is 2. The van der Waals surface area contributed by atoms with Gasteiger partial charge in [0.1, 0.15) is 5.75 Å². The van der Waals surface area contributed by atoms with Gasteiger partial charge in [-0.15, -0.1) is 0 Å². The first-order chi connectivity index (χ1) is 12.9. The molecule has 5 nitrogen and oxygen atoms in total. The molecule has 1 amide bonds. The average molecular weight is 388 g/mol. The first-order valence-corrected chi connectivity index (χ1v) is 9.26. The Bertz CT molecular complexity index is 852. The first kappa shape index (κ1) is 19.2. The second-order valence-electron chi connectivity index (χ2n) is 6.61. The number of aryl methyl sites for hydroxylation is 1. The van der Waals surface area contributed by atoms with E-state index in [0.29, 0.717) is 23.9 Å². The molecule has 3 rings (SSSR count). The van der Waals surface area contributed by atoms with Crippen molar-refractivity contribution in [1.29, 1.82) is 0 Å². The van der Waals surface area contributed by atoms with Crippen molar-refractivity contribution in [3.05, 3.63) is 64.2 Å². The lowest BCUT2D eigenvalue weighted by Gasteiger charge is -2.30. The van der Waals surface area contributed by atoms with Gasteiger partial charge in [-0.1, -0.05) is 35.9 Å². The van der Waals surface area contributed by atoms with Gasteiger partial charge < -0.3 is 14.4 Å². The van der Waals surface area contributed by atoms with Crippen LogP contribution in [0, 0.1) is 6.92 Å². The highest BCUT2D eigenvalue weighted by Crippen LogP contribution is 2.21. The molecular formula is C21H22ClNO4. The van der Waals surface area contributed by atoms with Crippen LogP contribution in [-0.2, 0) is 27.3 Å². The minimum Gasteiger partial charge on any atom is -0.482 e. The number of benzene rings is 2. The summed E-state index contributed by atoms with van der Waals surface area (Å²) in [5, 5.41) is 0.632. The van der Waals surface area contributed by atoms with Crippen LogP contribution in [0.2, 0.25) is 5.02 Å². The summed E-state index contributed by atoms with van der Waals surface area (Å²) < 4.78 is 10.7. The minimum absolute atomic E-state index is 0.194. The van der Waals surface area contributed by atoms with Crippen molar-refractivity contribution in [3.63, 3.8) is 0 Å². The van der Waals surface area contributed by atoms with E-state index in [4.69, 9.17) is 21.1 Å². The number of amides is 1. The van der Waals surface area contributed by atoms with Gasteiger partial charge in [-0.05, 0) is 55.2 Å². The maximum Gasteiger partial charge on any atom is 0.344 e. The molecule has 1 aliphatic rings. The summed E-state index contributed by atoms with van der Waals surface area (Å²) in [5.74, 6) is -0.249. The minimum atomic E-state index is -0.849. The number of halogens is 1. The van der Waals surface area contributed by atoms with Gasteiger partial charge >= 0.3 is 5.97 Å². The Morgan fingerprint density at radius 3 is 2.67 bits per heavy atom. The summed E-state index contributed by atoms with van der Waals surface area (Å²) in [6, 6.07) is 13.2. The summed E-state index contributed by atoms with van der Waals surface area (Å²) in [5.41, 5.74) is 3.26. The number of carbonyl (C=O) groups is 2. The summed E-state index contributed by atoms with van der Waals surface area (Å²) in [7, 11) is 0. The summed E-state index contributed by atoms with van der Waals surface area (Å²) in [4.78, 5) is 26.3. The van der Waals surface area contributed by atoms with E-state index >= 15 is 0 Å². The third-order valence-corrected chi connectivity index (χ3v) is 5.01. The van der Waals surface area contributed by atoms with Gasteiger partial charge in [0.2, 0.25) is 0 Å². The van der Waals surface area contributed by atoms with Gasteiger partial charge in [0, 0.05) is 18.1 Å². The molecule has 0 spiro atoms. The molecule has 0 aromatic heterocycles. The average Bonchev–Trinajstić information content (AvgIpc) is 2.67. The zero-order valence-electron chi connectivity index (χ0n) is 15.4. The van der Waals surface area contributed by atoms with E-state index in [1.54, 1.807) is 30.0 Å². The Balaban J connectivity index is 1.50. The van der Waals surface area contributed by atoms with Crippen LogP contribution in [0.5, 0.6) is 5.75 Å². The number of ether oxygens (including phenoxy) is 2. The third-order valence-electron chi connectivity index (χ3n) is 4.58. The van der Waals surface area contributed by atoms with Crippen LogP contribution in [0.1, 0.15) is 23.6 Å². The predicted molar refractivity (Wildman–Crippen MR) is 103 cm³/mol. The predicted octanol–water partition coefficient (Wildman–Crippen LogP) is 3.54. The molecule has 1 heterocycles. The number of rotatable bonds is 5. The molecule has 142 valence electrons. The van der Waals surface area contributed by atoms with E-state index in [1.807, 2.05) is 25.1 Å². The van der Waals surface area contributed by atoms with E-state index in [2.05, 4.69) is 6.07 Å². The fraction of sp³-hybridized carbons (Fsp3) is 0.333. The van der Waals surface area contributed by atoms with Crippen LogP contribution in [0.3, 0.4) is 0 Å². The van der Waals surface area contributed by atoms with Crippen molar-refractivity contribution in [1.82, 2.24) is 4.90 Å². The van der Waals surface area contributed by atoms with Gasteiger partial charge in [0.15, 0.2) is 12.7 Å². The van der Waals surface area contributed by atoms with Crippen molar-refractivity contribution < 1.29 is 19.1 Å². The van der Waals surface area contributed by atoms with E-state index < -0.39 is 12.1 Å². The van der Waals surface area contributed by atoms with Crippen LogP contribution >= 0.6 is 11.6 Å². The SMILES string of the molecule is Cc1cc(OCC(=O)O[C@H](C)C(=O)N2CCc3ccccc3C2)ccc1Cl. The maximum absolute atomic E-state index is 12.6. The standard InChI is InChI=1S/C21H22ClNO4/c1-14-11-18(7-8-19(14)22)26-13-20(24)27-15(2)21(25)23-10-9-16-5-3-4-6-17(16)12-23/h3-8,11,15H,9-10,12-13H2,1-2H3/t15-/m1/s1. The molecule has 1 aliphatic heterocycles. The monoisotopic (exact) mass is 387 g/mol. The molecule has 0 saturated carbocycles. The Morgan fingerprint density at radius 2 is 1.93 bits per heavy atom. The van der Waals surface area contributed by atoms with Crippen LogP contribution < -0.4 is 4.74 Å². The highest BCUT2D eigenvalue weighted by atomic mass is 35.5. The lowest BCUT2D eigenvalue weighted by Crippen LogP contribution is -2.43. The molecular weight excluding hydrogens is 366 g/mol. The Hall–Kier alpha value is -2.53. The van der Waals surface area contributed by atoms with E-state index in [1.165, 1.54) is 5.56 Å². The summed E-state index contributed by atoms with van der Waals surface area (Å²) in [6.45, 7) is 4.34. The fourth-order valence-corrected chi connectivity index (χ4v) is 3.19. The molecule has 6 heteroatoms. The number of nitrogens with zero attached hydrogens (tertiary/aromatic N) is 1. The molecule has 0 unspecified atom stereocenters. The van der Waals surface area contributed by atoms with Crippen molar-refractivity contribution in [2.75, 3.05) is 13.2 Å². The Kier molecular flexibility index (Phi) is 6.01. The molecule has 2 aromatic rings. The molecule has 0 saturated heterocycles. The van der Waals surface area contributed by atoms with E-state index in [-0.39, 0.29) is 12.5 Å². The van der Waals surface area contributed by atoms with Crippen molar-refractivity contribution >= 4 is 23.5 Å². The van der Waals surface area contributed by atoms with Gasteiger partial charge in [0.25, 0.3) is 5.91 Å². The van der Waals surface area contributed by atoms with E-state index in [0.717, 1.165) is 17.5 Å². The van der Waals surface area contributed by atoms with Crippen LogP contribution in [-0.4, -0.2) is 36.0 Å². The lowest BCUT2D eigenvalue weighted by molar-refractivity contribution is -0.161. The highest BCUT2D eigenvalue weighted by molar-refractivity contribution is 6.31. The molecule has 27 heavy (non-hydrogen) atoms. The topological polar surface area (TPSA) is 55.8 Å². The Labute approximate surface area is 163 Å². The van der Waals surface area contributed by atoms with Crippen molar-refractivity contribution in [3.8, 4) is 5.75 Å². The largest absolute Gasteiger partial charge is 0.482 e.